The Balaban J connectivity index is 1.46. The highest BCUT2D eigenvalue weighted by Gasteiger charge is 2.15. The molecule has 150 valence electrons. The molecule has 6 nitrogen and oxygen atoms in total. The maximum Gasteiger partial charge on any atom is 0.251 e. The van der Waals surface area contributed by atoms with E-state index < -0.39 is 0 Å². The van der Waals surface area contributed by atoms with Crippen molar-refractivity contribution in [3.63, 3.8) is 0 Å². The Hall–Kier alpha value is -3.41. The van der Waals surface area contributed by atoms with Crippen LogP contribution in [0.4, 0.5) is 0 Å². The summed E-state index contributed by atoms with van der Waals surface area (Å²) in [7, 11) is 0. The summed E-state index contributed by atoms with van der Waals surface area (Å²) in [6.45, 7) is 6.38. The van der Waals surface area contributed by atoms with Gasteiger partial charge in [-0.15, -0.1) is 0 Å². The third kappa shape index (κ3) is 5.54. The summed E-state index contributed by atoms with van der Waals surface area (Å²) in [6, 6.07) is 17.0. The second kappa shape index (κ2) is 8.73. The number of amides is 2. The van der Waals surface area contributed by atoms with Crippen molar-refractivity contribution in [3.05, 3.63) is 77.8 Å². The van der Waals surface area contributed by atoms with Crippen LogP contribution in [-0.4, -0.2) is 23.3 Å². The molecule has 0 aliphatic heterocycles. The molecular weight excluding hydrogens is 366 g/mol. The highest BCUT2D eigenvalue weighted by atomic mass is 16.4. The topological polar surface area (TPSA) is 84.2 Å². The van der Waals surface area contributed by atoms with Crippen LogP contribution in [0, 0.1) is 0 Å². The summed E-state index contributed by atoms with van der Waals surface area (Å²) < 4.78 is 5.64. The summed E-state index contributed by atoms with van der Waals surface area (Å²) in [4.78, 5) is 28.4. The summed E-state index contributed by atoms with van der Waals surface area (Å²) in [6.07, 6.45) is 1.62. The predicted molar refractivity (Wildman–Crippen MR) is 111 cm³/mol. The molecule has 0 saturated heterocycles. The van der Waals surface area contributed by atoms with E-state index in [2.05, 4.69) is 36.4 Å². The minimum absolute atomic E-state index is 0.0230. The maximum absolute atomic E-state index is 12.2. The van der Waals surface area contributed by atoms with Crippen LogP contribution in [0.5, 0.6) is 0 Å². The number of oxazole rings is 1. The number of benzene rings is 2. The third-order valence-corrected chi connectivity index (χ3v) is 4.47. The molecule has 1 heterocycles. The van der Waals surface area contributed by atoms with Gasteiger partial charge in [-0.3, -0.25) is 9.59 Å². The van der Waals surface area contributed by atoms with Crippen LogP contribution in [-0.2, 0) is 16.8 Å². The van der Waals surface area contributed by atoms with Gasteiger partial charge in [0.15, 0.2) is 5.76 Å². The Morgan fingerprint density at radius 3 is 2.31 bits per heavy atom. The Morgan fingerprint density at radius 2 is 1.66 bits per heavy atom. The lowest BCUT2D eigenvalue weighted by Gasteiger charge is -2.19. The second-order valence-electron chi connectivity index (χ2n) is 7.77. The van der Waals surface area contributed by atoms with Gasteiger partial charge in [-0.05, 0) is 23.1 Å². The molecule has 0 aliphatic rings. The molecule has 0 bridgehead atoms. The molecule has 2 aromatic carbocycles. The van der Waals surface area contributed by atoms with Gasteiger partial charge in [0.25, 0.3) is 5.91 Å². The number of hydrogen-bond acceptors (Lipinski definition) is 4. The second-order valence-corrected chi connectivity index (χ2v) is 7.77. The van der Waals surface area contributed by atoms with Crippen LogP contribution < -0.4 is 10.6 Å². The molecule has 2 N–H and O–H groups in total. The number of carbonyl (C=O) groups excluding carboxylic acids is 2. The summed E-state index contributed by atoms with van der Waals surface area (Å²) in [5.41, 5.74) is 2.61. The Morgan fingerprint density at radius 1 is 0.966 bits per heavy atom. The molecule has 1 aromatic heterocycles. The first-order chi connectivity index (χ1) is 13.8. The van der Waals surface area contributed by atoms with Crippen LogP contribution in [0.3, 0.4) is 0 Å². The number of rotatable bonds is 6. The summed E-state index contributed by atoms with van der Waals surface area (Å²) in [5, 5.41) is 5.31. The van der Waals surface area contributed by atoms with Crippen LogP contribution in [0.25, 0.3) is 11.3 Å². The van der Waals surface area contributed by atoms with Crippen molar-refractivity contribution in [2.45, 2.75) is 32.7 Å². The fourth-order valence-corrected chi connectivity index (χ4v) is 2.75. The van der Waals surface area contributed by atoms with Gasteiger partial charge in [-0.2, -0.15) is 0 Å². The Kier molecular flexibility index (Phi) is 6.12. The number of carbonyl (C=O) groups is 2. The van der Waals surface area contributed by atoms with Crippen molar-refractivity contribution in [2.75, 3.05) is 6.54 Å². The van der Waals surface area contributed by atoms with Gasteiger partial charge in [0.05, 0.1) is 19.3 Å². The van der Waals surface area contributed by atoms with E-state index in [9.17, 15) is 9.59 Å². The molecule has 0 spiro atoms. The van der Waals surface area contributed by atoms with Gasteiger partial charge in [0.1, 0.15) is 0 Å². The van der Waals surface area contributed by atoms with Crippen LogP contribution in [0.1, 0.15) is 42.6 Å². The molecule has 0 saturated carbocycles. The first kappa shape index (κ1) is 20.3. The highest BCUT2D eigenvalue weighted by Crippen LogP contribution is 2.22. The van der Waals surface area contributed by atoms with Gasteiger partial charge in [0.2, 0.25) is 11.8 Å². The third-order valence-electron chi connectivity index (χ3n) is 4.47. The number of hydrogen-bond donors (Lipinski definition) is 2. The van der Waals surface area contributed by atoms with E-state index in [4.69, 9.17) is 4.42 Å². The van der Waals surface area contributed by atoms with E-state index in [0.717, 1.165) is 11.1 Å². The first-order valence-electron chi connectivity index (χ1n) is 9.48. The summed E-state index contributed by atoms with van der Waals surface area (Å²) in [5.74, 6) is 0.440. The fraction of sp³-hybridized carbons (Fsp3) is 0.261. The van der Waals surface area contributed by atoms with Crippen molar-refractivity contribution < 1.29 is 14.0 Å². The van der Waals surface area contributed by atoms with E-state index in [0.29, 0.717) is 17.2 Å². The maximum atomic E-state index is 12.2. The lowest BCUT2D eigenvalue weighted by Crippen LogP contribution is -2.36. The molecule has 6 heteroatoms. The van der Waals surface area contributed by atoms with E-state index in [1.165, 1.54) is 0 Å². The molecule has 3 rings (SSSR count). The normalized spacial score (nSPS) is 11.1. The molecule has 0 atom stereocenters. The van der Waals surface area contributed by atoms with E-state index >= 15 is 0 Å². The SMILES string of the molecule is CC(C)(C)c1ccc(C(=O)NCC(=O)NCc2ncc(-c3ccccc3)o2)cc1. The zero-order chi connectivity index (χ0) is 20.9. The van der Waals surface area contributed by atoms with Crippen LogP contribution in [0.15, 0.2) is 65.2 Å². The average Bonchev–Trinajstić information content (AvgIpc) is 3.20. The van der Waals surface area contributed by atoms with Crippen molar-refractivity contribution in [1.82, 2.24) is 15.6 Å². The Bertz CT molecular complexity index is 971. The van der Waals surface area contributed by atoms with Gasteiger partial charge < -0.3 is 15.1 Å². The van der Waals surface area contributed by atoms with E-state index in [1.807, 2.05) is 42.5 Å². The lowest BCUT2D eigenvalue weighted by atomic mass is 9.87. The zero-order valence-electron chi connectivity index (χ0n) is 16.9. The number of nitrogens with zero attached hydrogens (tertiary/aromatic N) is 1. The smallest absolute Gasteiger partial charge is 0.251 e. The first-order valence-corrected chi connectivity index (χ1v) is 9.48. The van der Waals surface area contributed by atoms with Gasteiger partial charge in [-0.1, -0.05) is 63.2 Å². The van der Waals surface area contributed by atoms with Crippen molar-refractivity contribution in [2.24, 2.45) is 0 Å². The summed E-state index contributed by atoms with van der Waals surface area (Å²) >= 11 is 0. The lowest BCUT2D eigenvalue weighted by molar-refractivity contribution is -0.120. The Labute approximate surface area is 170 Å². The van der Waals surface area contributed by atoms with Gasteiger partial charge in [0, 0.05) is 11.1 Å². The predicted octanol–water partition coefficient (Wildman–Crippen LogP) is 3.69. The molecular formula is C23H25N3O3. The van der Waals surface area contributed by atoms with Crippen LogP contribution in [0.2, 0.25) is 0 Å². The highest BCUT2D eigenvalue weighted by molar-refractivity contribution is 5.96. The van der Waals surface area contributed by atoms with Crippen molar-refractivity contribution in [1.29, 1.82) is 0 Å². The van der Waals surface area contributed by atoms with Crippen LogP contribution >= 0.6 is 0 Å². The minimum Gasteiger partial charge on any atom is -0.439 e. The fourth-order valence-electron chi connectivity index (χ4n) is 2.75. The zero-order valence-corrected chi connectivity index (χ0v) is 16.9. The standard InChI is InChI=1S/C23H25N3O3/c1-23(2,3)18-11-9-17(10-12-18)22(28)26-14-20(27)24-15-21-25-13-19(29-21)16-7-5-4-6-8-16/h4-13H,14-15H2,1-3H3,(H,24,27)(H,26,28). The minimum atomic E-state index is -0.316. The largest absolute Gasteiger partial charge is 0.439 e. The molecule has 0 fully saturated rings. The van der Waals surface area contributed by atoms with Crippen molar-refractivity contribution >= 4 is 11.8 Å². The molecule has 0 radical (unpaired) electrons. The quantitative estimate of drug-likeness (QED) is 0.671. The number of aromatic nitrogens is 1. The van der Waals surface area contributed by atoms with Gasteiger partial charge in [-0.25, -0.2) is 4.98 Å². The molecule has 0 aliphatic carbocycles. The van der Waals surface area contributed by atoms with Gasteiger partial charge >= 0.3 is 0 Å². The van der Waals surface area contributed by atoms with E-state index in [1.54, 1.807) is 18.3 Å². The molecule has 2 amide bonds. The van der Waals surface area contributed by atoms with Crippen molar-refractivity contribution in [3.8, 4) is 11.3 Å². The average molecular weight is 391 g/mol. The monoisotopic (exact) mass is 391 g/mol. The number of nitrogens with one attached hydrogen (secondary N) is 2. The molecule has 29 heavy (non-hydrogen) atoms. The van der Waals surface area contributed by atoms with E-state index in [-0.39, 0.29) is 30.3 Å². The molecule has 3 aromatic rings. The molecule has 0 unspecified atom stereocenters.